The maximum absolute atomic E-state index is 12.5. The lowest BCUT2D eigenvalue weighted by atomic mass is 10.1. The Labute approximate surface area is 164 Å². The summed E-state index contributed by atoms with van der Waals surface area (Å²) in [7, 11) is 0. The van der Waals surface area contributed by atoms with Gasteiger partial charge in [-0.3, -0.25) is 9.59 Å². The van der Waals surface area contributed by atoms with Gasteiger partial charge < -0.3 is 10.6 Å². The van der Waals surface area contributed by atoms with Crippen molar-refractivity contribution in [3.05, 3.63) is 53.9 Å². The first-order chi connectivity index (χ1) is 13.5. The van der Waals surface area contributed by atoms with Gasteiger partial charge in [-0.15, -0.1) is 0 Å². The second kappa shape index (κ2) is 8.65. The van der Waals surface area contributed by atoms with Gasteiger partial charge >= 0.3 is 0 Å². The maximum atomic E-state index is 12.5. The van der Waals surface area contributed by atoms with E-state index in [0.717, 1.165) is 28.7 Å². The van der Waals surface area contributed by atoms with Gasteiger partial charge in [-0.2, -0.15) is 5.10 Å². The number of amides is 2. The number of carbonyl (C=O) groups is 2. The van der Waals surface area contributed by atoms with Gasteiger partial charge in [0.05, 0.1) is 11.8 Å². The van der Waals surface area contributed by atoms with E-state index in [4.69, 9.17) is 0 Å². The zero-order valence-corrected chi connectivity index (χ0v) is 16.4. The highest BCUT2D eigenvalue weighted by atomic mass is 16.2. The molecular formula is C21H25N5O2. The Kier molecular flexibility index (Phi) is 6.03. The van der Waals surface area contributed by atoms with Crippen molar-refractivity contribution < 1.29 is 9.59 Å². The van der Waals surface area contributed by atoms with E-state index in [2.05, 4.69) is 20.7 Å². The number of nitrogens with zero attached hydrogens (tertiary/aromatic N) is 3. The Morgan fingerprint density at radius 2 is 2.00 bits per heavy atom. The normalized spacial score (nSPS) is 11.0. The van der Waals surface area contributed by atoms with Gasteiger partial charge in [0, 0.05) is 36.3 Å². The summed E-state index contributed by atoms with van der Waals surface area (Å²) >= 11 is 0. The van der Waals surface area contributed by atoms with Gasteiger partial charge in [-0.05, 0) is 44.0 Å². The molecule has 0 unspecified atom stereocenters. The molecule has 0 aliphatic heterocycles. The van der Waals surface area contributed by atoms with E-state index in [1.54, 1.807) is 18.5 Å². The fraction of sp³-hybridized carbons (Fsp3) is 0.333. The van der Waals surface area contributed by atoms with Crippen LogP contribution in [0.25, 0.3) is 11.0 Å². The number of nitrogens with one attached hydrogen (secondary N) is 2. The van der Waals surface area contributed by atoms with Gasteiger partial charge in [0.2, 0.25) is 5.91 Å². The Balaban J connectivity index is 1.65. The first-order valence-corrected chi connectivity index (χ1v) is 9.48. The molecule has 3 rings (SSSR count). The van der Waals surface area contributed by atoms with Crippen LogP contribution in [-0.4, -0.2) is 26.6 Å². The predicted molar refractivity (Wildman–Crippen MR) is 109 cm³/mol. The van der Waals surface area contributed by atoms with Gasteiger partial charge in [-0.25, -0.2) is 9.67 Å². The van der Waals surface area contributed by atoms with Crippen molar-refractivity contribution >= 4 is 28.5 Å². The fourth-order valence-electron chi connectivity index (χ4n) is 2.94. The van der Waals surface area contributed by atoms with Crippen LogP contribution in [0.3, 0.4) is 0 Å². The quantitative estimate of drug-likeness (QED) is 0.655. The number of carbonyl (C=O) groups excluding carboxylic acids is 2. The minimum atomic E-state index is -0.202. The van der Waals surface area contributed by atoms with Crippen LogP contribution in [0.5, 0.6) is 0 Å². The summed E-state index contributed by atoms with van der Waals surface area (Å²) in [6, 6.07) is 9.46. The zero-order valence-electron chi connectivity index (χ0n) is 16.4. The molecule has 146 valence electrons. The van der Waals surface area contributed by atoms with Crippen LogP contribution in [0.15, 0.2) is 42.7 Å². The van der Waals surface area contributed by atoms with Crippen LogP contribution in [0.1, 0.15) is 55.6 Å². The first-order valence-electron chi connectivity index (χ1n) is 9.48. The van der Waals surface area contributed by atoms with E-state index in [1.807, 2.05) is 49.7 Å². The lowest BCUT2D eigenvalue weighted by Gasteiger charge is -2.09. The second-order valence-corrected chi connectivity index (χ2v) is 7.00. The molecule has 28 heavy (non-hydrogen) atoms. The molecule has 3 aromatic rings. The standard InChI is InChI=1S/C21H25N5O2/c1-4-6-19(27)25-18-8-5-7-15(9-18)11-23-21(28)17-10-16-13-24-26(14(2)3)20(16)22-12-17/h5,7-10,12-14H,4,6,11H2,1-3H3,(H,23,28)(H,25,27). The molecule has 0 aliphatic carbocycles. The van der Waals surface area contributed by atoms with Crippen molar-refractivity contribution in [1.29, 1.82) is 0 Å². The Morgan fingerprint density at radius 3 is 2.75 bits per heavy atom. The molecule has 0 atom stereocenters. The lowest BCUT2D eigenvalue weighted by molar-refractivity contribution is -0.116. The topological polar surface area (TPSA) is 88.9 Å². The van der Waals surface area contributed by atoms with Crippen LogP contribution in [0.4, 0.5) is 5.69 Å². The highest BCUT2D eigenvalue weighted by molar-refractivity contribution is 5.96. The molecule has 0 aliphatic rings. The molecule has 0 saturated heterocycles. The molecule has 7 nitrogen and oxygen atoms in total. The van der Waals surface area contributed by atoms with Crippen LogP contribution in [0.2, 0.25) is 0 Å². The molecular weight excluding hydrogens is 354 g/mol. The van der Waals surface area contributed by atoms with Crippen LogP contribution >= 0.6 is 0 Å². The zero-order chi connectivity index (χ0) is 20.1. The molecule has 0 saturated carbocycles. The molecule has 0 spiro atoms. The van der Waals surface area contributed by atoms with E-state index in [9.17, 15) is 9.59 Å². The predicted octanol–water partition coefficient (Wildman–Crippen LogP) is 3.68. The minimum absolute atomic E-state index is 0.00925. The third-order valence-corrected chi connectivity index (χ3v) is 4.33. The van der Waals surface area contributed by atoms with E-state index >= 15 is 0 Å². The number of fused-ring (bicyclic) bond motifs is 1. The van der Waals surface area contributed by atoms with Crippen molar-refractivity contribution in [1.82, 2.24) is 20.1 Å². The number of benzene rings is 1. The molecule has 2 amide bonds. The van der Waals surface area contributed by atoms with Crippen LogP contribution < -0.4 is 10.6 Å². The molecule has 0 fully saturated rings. The first kappa shape index (κ1) is 19.5. The molecule has 2 N–H and O–H groups in total. The molecule has 2 heterocycles. The summed E-state index contributed by atoms with van der Waals surface area (Å²) in [5.74, 6) is -0.211. The number of hydrogen-bond acceptors (Lipinski definition) is 4. The summed E-state index contributed by atoms with van der Waals surface area (Å²) in [6.45, 7) is 6.40. The van der Waals surface area contributed by atoms with Crippen molar-refractivity contribution in [2.45, 2.75) is 46.2 Å². The minimum Gasteiger partial charge on any atom is -0.348 e. The fourth-order valence-corrected chi connectivity index (χ4v) is 2.94. The summed E-state index contributed by atoms with van der Waals surface area (Å²) < 4.78 is 1.83. The number of rotatable bonds is 7. The number of aromatic nitrogens is 3. The Bertz CT molecular complexity index is 993. The van der Waals surface area contributed by atoms with E-state index in [0.29, 0.717) is 18.5 Å². The summed E-state index contributed by atoms with van der Waals surface area (Å²) in [4.78, 5) is 28.6. The monoisotopic (exact) mass is 379 g/mol. The molecule has 1 aromatic carbocycles. The maximum Gasteiger partial charge on any atom is 0.253 e. The van der Waals surface area contributed by atoms with Gasteiger partial charge in [-0.1, -0.05) is 19.1 Å². The average molecular weight is 379 g/mol. The molecule has 0 bridgehead atoms. The summed E-state index contributed by atoms with van der Waals surface area (Å²) in [5, 5.41) is 10.9. The molecule has 0 radical (unpaired) electrons. The Morgan fingerprint density at radius 1 is 1.18 bits per heavy atom. The SMILES string of the molecule is CCCC(=O)Nc1cccc(CNC(=O)c2cnc3c(cnn3C(C)C)c2)c1. The third kappa shape index (κ3) is 4.54. The third-order valence-electron chi connectivity index (χ3n) is 4.33. The number of anilines is 1. The van der Waals surface area contributed by atoms with Crippen molar-refractivity contribution in [2.24, 2.45) is 0 Å². The van der Waals surface area contributed by atoms with Crippen molar-refractivity contribution in [2.75, 3.05) is 5.32 Å². The Hall–Kier alpha value is -3.22. The van der Waals surface area contributed by atoms with Crippen molar-refractivity contribution in [3.8, 4) is 0 Å². The van der Waals surface area contributed by atoms with Gasteiger partial charge in [0.25, 0.3) is 5.91 Å². The molecule has 2 aromatic heterocycles. The highest BCUT2D eigenvalue weighted by Crippen LogP contribution is 2.17. The largest absolute Gasteiger partial charge is 0.348 e. The van der Waals surface area contributed by atoms with Gasteiger partial charge in [0.15, 0.2) is 5.65 Å². The van der Waals surface area contributed by atoms with E-state index in [-0.39, 0.29) is 17.9 Å². The number of hydrogen-bond donors (Lipinski definition) is 2. The summed E-state index contributed by atoms with van der Waals surface area (Å²) in [6.07, 6.45) is 4.58. The van der Waals surface area contributed by atoms with E-state index in [1.165, 1.54) is 0 Å². The molecule has 7 heteroatoms. The summed E-state index contributed by atoms with van der Waals surface area (Å²) in [5.41, 5.74) is 2.89. The average Bonchev–Trinajstić information content (AvgIpc) is 3.10. The van der Waals surface area contributed by atoms with Crippen molar-refractivity contribution in [3.63, 3.8) is 0 Å². The highest BCUT2D eigenvalue weighted by Gasteiger charge is 2.12. The number of pyridine rings is 1. The van der Waals surface area contributed by atoms with E-state index < -0.39 is 0 Å². The second-order valence-electron chi connectivity index (χ2n) is 7.00. The van der Waals surface area contributed by atoms with Crippen LogP contribution in [0, 0.1) is 0 Å². The van der Waals surface area contributed by atoms with Gasteiger partial charge in [0.1, 0.15) is 0 Å². The smallest absolute Gasteiger partial charge is 0.253 e. The van der Waals surface area contributed by atoms with Crippen LogP contribution in [-0.2, 0) is 11.3 Å². The lowest BCUT2D eigenvalue weighted by Crippen LogP contribution is -2.23.